The van der Waals surface area contributed by atoms with Gasteiger partial charge in [-0.2, -0.15) is 4.98 Å². The number of nitrogens with two attached hydrogens (primary N) is 1. The molecular weight excluding hydrogens is 384 g/mol. The summed E-state index contributed by atoms with van der Waals surface area (Å²) in [7, 11) is 1.57. The molecule has 0 aliphatic rings. The summed E-state index contributed by atoms with van der Waals surface area (Å²) in [4.78, 5) is 19.8. The molecule has 1 unspecified atom stereocenters. The summed E-state index contributed by atoms with van der Waals surface area (Å²) in [5.74, 6) is 0.664. The number of benzene rings is 1. The summed E-state index contributed by atoms with van der Waals surface area (Å²) >= 11 is 0. The number of carbonyl (C=O) groups is 1. The minimum atomic E-state index is -0.883. The first-order chi connectivity index (χ1) is 14.4. The van der Waals surface area contributed by atoms with Gasteiger partial charge in [-0.3, -0.25) is 4.79 Å². The molecular formula is C22H32N4O4. The number of nitrogens with one attached hydrogen (secondary N) is 1. The number of nitrogens with zero attached hydrogens (tertiary/aromatic N) is 2. The fourth-order valence-corrected chi connectivity index (χ4v) is 3.43. The third-order valence-corrected chi connectivity index (χ3v) is 5.10. The number of methoxy groups -OCH3 is 1. The fraction of sp³-hybridized carbons (Fsp3) is 0.500. The van der Waals surface area contributed by atoms with E-state index >= 15 is 0 Å². The third kappa shape index (κ3) is 6.59. The number of ether oxygens (including phenoxy) is 1. The molecule has 0 fully saturated rings. The van der Waals surface area contributed by atoms with Crippen molar-refractivity contribution >= 4 is 17.7 Å². The van der Waals surface area contributed by atoms with Crippen LogP contribution in [0.2, 0.25) is 0 Å². The van der Waals surface area contributed by atoms with Crippen molar-refractivity contribution in [3.05, 3.63) is 40.6 Å². The van der Waals surface area contributed by atoms with E-state index in [1.807, 2.05) is 13.0 Å². The summed E-state index contributed by atoms with van der Waals surface area (Å²) in [6.45, 7) is 4.20. The van der Waals surface area contributed by atoms with Crippen LogP contribution in [0.25, 0.3) is 0 Å². The second-order valence-electron chi connectivity index (χ2n) is 7.36. The van der Waals surface area contributed by atoms with Crippen molar-refractivity contribution in [2.45, 2.75) is 58.4 Å². The van der Waals surface area contributed by atoms with Crippen LogP contribution in [-0.2, 0) is 17.6 Å². The van der Waals surface area contributed by atoms with Gasteiger partial charge >= 0.3 is 5.97 Å². The molecule has 1 aromatic heterocycles. The van der Waals surface area contributed by atoms with Crippen molar-refractivity contribution in [2.75, 3.05) is 24.8 Å². The van der Waals surface area contributed by atoms with Crippen LogP contribution in [0.3, 0.4) is 0 Å². The van der Waals surface area contributed by atoms with Gasteiger partial charge in [0.2, 0.25) is 5.95 Å². The van der Waals surface area contributed by atoms with Crippen molar-refractivity contribution in [1.82, 2.24) is 9.97 Å². The molecule has 2 aromatic rings. The minimum absolute atomic E-state index is 0.0561. The summed E-state index contributed by atoms with van der Waals surface area (Å²) in [5.41, 5.74) is 9.21. The Morgan fingerprint density at radius 3 is 2.70 bits per heavy atom. The van der Waals surface area contributed by atoms with E-state index in [0.29, 0.717) is 23.6 Å². The lowest BCUT2D eigenvalue weighted by atomic mass is 10.00. The minimum Gasteiger partial charge on any atom is -0.496 e. The fourth-order valence-electron chi connectivity index (χ4n) is 3.43. The Morgan fingerprint density at radius 2 is 2.07 bits per heavy atom. The maximum atomic E-state index is 11.0. The van der Waals surface area contributed by atoms with Crippen molar-refractivity contribution in [1.29, 1.82) is 0 Å². The van der Waals surface area contributed by atoms with E-state index in [2.05, 4.69) is 22.2 Å². The molecule has 0 spiro atoms. The Labute approximate surface area is 177 Å². The van der Waals surface area contributed by atoms with Crippen molar-refractivity contribution in [3.63, 3.8) is 0 Å². The number of aromatic nitrogens is 2. The number of aliphatic carboxylic acids is 1. The SMILES string of the molecule is CCC(CCCCO)Nc1nc(N)nc(C)c1Cc1ccc(CC(=O)O)cc1OC. The number of rotatable bonds is 12. The molecule has 0 aliphatic heterocycles. The van der Waals surface area contributed by atoms with Crippen LogP contribution in [0, 0.1) is 6.92 Å². The Hall–Kier alpha value is -2.87. The van der Waals surface area contributed by atoms with Gasteiger partial charge in [0.1, 0.15) is 11.6 Å². The zero-order chi connectivity index (χ0) is 22.1. The monoisotopic (exact) mass is 416 g/mol. The van der Waals surface area contributed by atoms with Crippen molar-refractivity contribution < 1.29 is 19.7 Å². The molecule has 8 nitrogen and oxygen atoms in total. The zero-order valence-corrected chi connectivity index (χ0v) is 17.9. The lowest BCUT2D eigenvalue weighted by Gasteiger charge is -2.21. The zero-order valence-electron chi connectivity index (χ0n) is 17.9. The lowest BCUT2D eigenvalue weighted by molar-refractivity contribution is -0.136. The Bertz CT molecular complexity index is 857. The Balaban J connectivity index is 2.32. The van der Waals surface area contributed by atoms with Gasteiger partial charge < -0.3 is 26.0 Å². The summed E-state index contributed by atoms with van der Waals surface area (Å²) < 4.78 is 5.51. The molecule has 1 atom stereocenters. The Kier molecular flexibility index (Phi) is 8.86. The van der Waals surface area contributed by atoms with Gasteiger partial charge in [-0.1, -0.05) is 19.1 Å². The molecule has 0 radical (unpaired) electrons. The molecule has 0 aliphatic carbocycles. The van der Waals surface area contributed by atoms with Gasteiger partial charge in [0.25, 0.3) is 0 Å². The van der Waals surface area contributed by atoms with Gasteiger partial charge in [0, 0.05) is 30.3 Å². The van der Waals surface area contributed by atoms with Crippen LogP contribution >= 0.6 is 0 Å². The molecule has 0 saturated carbocycles. The van der Waals surface area contributed by atoms with Crippen LogP contribution in [-0.4, -0.2) is 45.9 Å². The predicted octanol–water partition coefficient (Wildman–Crippen LogP) is 2.95. The number of carboxylic acid groups (broad SMARTS) is 1. The highest BCUT2D eigenvalue weighted by Gasteiger charge is 2.17. The van der Waals surface area contributed by atoms with E-state index in [0.717, 1.165) is 42.5 Å². The maximum Gasteiger partial charge on any atom is 0.307 e. The molecule has 5 N–H and O–H groups in total. The number of anilines is 2. The first kappa shape index (κ1) is 23.4. The van der Waals surface area contributed by atoms with E-state index in [-0.39, 0.29) is 25.0 Å². The predicted molar refractivity (Wildman–Crippen MR) is 117 cm³/mol. The van der Waals surface area contributed by atoms with Crippen LogP contribution < -0.4 is 15.8 Å². The summed E-state index contributed by atoms with van der Waals surface area (Å²) in [6.07, 6.45) is 4.01. The highest BCUT2D eigenvalue weighted by atomic mass is 16.5. The number of carboxylic acids is 1. The van der Waals surface area contributed by atoms with Crippen LogP contribution in [0.1, 0.15) is 55.0 Å². The Morgan fingerprint density at radius 1 is 1.30 bits per heavy atom. The molecule has 2 rings (SSSR count). The largest absolute Gasteiger partial charge is 0.496 e. The number of unbranched alkanes of at least 4 members (excludes halogenated alkanes) is 1. The highest BCUT2D eigenvalue weighted by molar-refractivity contribution is 5.70. The maximum absolute atomic E-state index is 11.0. The smallest absolute Gasteiger partial charge is 0.307 e. The second-order valence-corrected chi connectivity index (χ2v) is 7.36. The normalized spacial score (nSPS) is 11.9. The van der Waals surface area contributed by atoms with Crippen LogP contribution in [0.5, 0.6) is 5.75 Å². The molecule has 1 heterocycles. The van der Waals surface area contributed by atoms with Gasteiger partial charge in [-0.25, -0.2) is 4.98 Å². The second kappa shape index (κ2) is 11.3. The standard InChI is InChI=1S/C22H32N4O4/c1-4-17(7-5-6-10-27)25-21-18(14(2)24-22(23)26-21)13-16-9-8-15(12-20(28)29)11-19(16)30-3/h8-9,11,17,27H,4-7,10,12-13H2,1-3H3,(H,28,29)(H3,23,24,25,26). The molecule has 164 valence electrons. The van der Waals surface area contributed by atoms with Crippen LogP contribution in [0.4, 0.5) is 11.8 Å². The van der Waals surface area contributed by atoms with E-state index in [4.69, 9.17) is 20.7 Å². The number of aliphatic hydroxyl groups is 1. The molecule has 30 heavy (non-hydrogen) atoms. The van der Waals surface area contributed by atoms with Gasteiger partial charge in [0.05, 0.1) is 13.5 Å². The molecule has 1 aromatic carbocycles. The van der Waals surface area contributed by atoms with Gasteiger partial charge in [-0.15, -0.1) is 0 Å². The molecule has 0 amide bonds. The highest BCUT2D eigenvalue weighted by Crippen LogP contribution is 2.28. The van der Waals surface area contributed by atoms with E-state index in [1.165, 1.54) is 0 Å². The van der Waals surface area contributed by atoms with E-state index in [1.54, 1.807) is 19.2 Å². The number of hydrogen-bond donors (Lipinski definition) is 4. The third-order valence-electron chi connectivity index (χ3n) is 5.10. The first-order valence-electron chi connectivity index (χ1n) is 10.3. The average molecular weight is 417 g/mol. The van der Waals surface area contributed by atoms with Gasteiger partial charge in [-0.05, 0) is 49.8 Å². The number of aliphatic hydroxyl groups excluding tert-OH is 1. The lowest BCUT2D eigenvalue weighted by Crippen LogP contribution is -2.21. The number of aryl methyl sites for hydroxylation is 1. The molecule has 0 bridgehead atoms. The van der Waals surface area contributed by atoms with E-state index < -0.39 is 5.97 Å². The quantitative estimate of drug-likeness (QED) is 0.389. The summed E-state index contributed by atoms with van der Waals surface area (Å²) in [6, 6.07) is 5.66. The number of nitrogen functional groups attached to an aromatic ring is 1. The van der Waals surface area contributed by atoms with Gasteiger partial charge in [0.15, 0.2) is 0 Å². The molecule has 0 saturated heterocycles. The van der Waals surface area contributed by atoms with Crippen molar-refractivity contribution in [2.24, 2.45) is 0 Å². The first-order valence-corrected chi connectivity index (χ1v) is 10.3. The van der Waals surface area contributed by atoms with Crippen molar-refractivity contribution in [3.8, 4) is 5.75 Å². The average Bonchev–Trinajstić information content (AvgIpc) is 2.70. The molecule has 8 heteroatoms. The summed E-state index contributed by atoms with van der Waals surface area (Å²) in [5, 5.41) is 21.6. The number of hydrogen-bond acceptors (Lipinski definition) is 7. The van der Waals surface area contributed by atoms with Crippen LogP contribution in [0.15, 0.2) is 18.2 Å². The topological polar surface area (TPSA) is 131 Å². The van der Waals surface area contributed by atoms with E-state index in [9.17, 15) is 4.79 Å².